The number of rotatable bonds is 11. The van der Waals surface area contributed by atoms with Crippen LogP contribution in [0, 0.1) is 0 Å². The fourth-order valence-corrected chi connectivity index (χ4v) is 6.30. The molecule has 2 rings (SSSR count). The van der Waals surface area contributed by atoms with Crippen LogP contribution in [0.15, 0.2) is 48.5 Å². The Kier molecular flexibility index (Phi) is 9.56. The quantitative estimate of drug-likeness (QED) is 0.342. The van der Waals surface area contributed by atoms with Gasteiger partial charge in [-0.1, -0.05) is 83.1 Å². The van der Waals surface area contributed by atoms with Crippen LogP contribution < -0.4 is 5.30 Å². The third-order valence-corrected chi connectivity index (χ3v) is 7.73. The molecule has 0 saturated heterocycles. The van der Waals surface area contributed by atoms with E-state index in [0.717, 1.165) is 6.42 Å². The molecule has 0 saturated carbocycles. The topological polar surface area (TPSA) is 26.3 Å². The first-order chi connectivity index (χ1) is 13.2. The van der Waals surface area contributed by atoms with Gasteiger partial charge < -0.3 is 4.74 Å². The molecular weight excluding hydrogens is 351 g/mol. The Hall–Kier alpha value is -1.66. The number of benzene rings is 2. The molecular formula is C24H33O2P. The minimum absolute atomic E-state index is 0.141. The lowest BCUT2D eigenvalue weighted by Gasteiger charge is -2.22. The Balaban J connectivity index is 2.37. The number of hydrogen-bond donors (Lipinski definition) is 0. The van der Waals surface area contributed by atoms with Gasteiger partial charge in [-0.15, -0.1) is 0 Å². The van der Waals surface area contributed by atoms with Gasteiger partial charge in [-0.05, 0) is 53.6 Å². The maximum absolute atomic E-state index is 11.6. The largest absolute Gasteiger partial charge is 0.469 e. The summed E-state index contributed by atoms with van der Waals surface area (Å²) in [7, 11) is 1.32. The van der Waals surface area contributed by atoms with Crippen LogP contribution in [0.2, 0.25) is 0 Å². The second kappa shape index (κ2) is 11.9. The van der Waals surface area contributed by atoms with Crippen LogP contribution >= 0.6 is 7.92 Å². The molecule has 0 aromatic heterocycles. The summed E-state index contributed by atoms with van der Waals surface area (Å²) in [6.07, 6.45) is 8.88. The van der Waals surface area contributed by atoms with E-state index in [4.69, 9.17) is 4.74 Å². The number of hydrogen-bond acceptors (Lipinski definition) is 2. The zero-order chi connectivity index (χ0) is 19.5. The molecule has 146 valence electrons. The summed E-state index contributed by atoms with van der Waals surface area (Å²) >= 11 is 0. The van der Waals surface area contributed by atoms with Crippen LogP contribution in [0.4, 0.5) is 0 Å². The van der Waals surface area contributed by atoms with Crippen molar-refractivity contribution in [3.05, 3.63) is 54.1 Å². The number of aryl methyl sites for hydroxylation is 1. The van der Waals surface area contributed by atoms with Gasteiger partial charge in [0.05, 0.1) is 7.11 Å². The van der Waals surface area contributed by atoms with Crippen LogP contribution in [0.3, 0.4) is 0 Å². The minimum Gasteiger partial charge on any atom is -0.469 e. The molecule has 2 nitrogen and oxygen atoms in total. The number of ether oxygens (including phenoxy) is 1. The van der Waals surface area contributed by atoms with Gasteiger partial charge >= 0.3 is 5.97 Å². The van der Waals surface area contributed by atoms with Gasteiger partial charge in [-0.3, -0.25) is 4.79 Å². The van der Waals surface area contributed by atoms with Gasteiger partial charge in [-0.25, -0.2) is 0 Å². The van der Waals surface area contributed by atoms with Crippen LogP contribution in [0.1, 0.15) is 51.5 Å². The van der Waals surface area contributed by atoms with Gasteiger partial charge in [0.1, 0.15) is 0 Å². The number of methoxy groups -OCH3 is 1. The van der Waals surface area contributed by atoms with Crippen molar-refractivity contribution >= 4 is 19.2 Å². The average Bonchev–Trinajstić information content (AvgIpc) is 2.72. The maximum Gasteiger partial charge on any atom is 0.305 e. The zero-order valence-electron chi connectivity index (χ0n) is 17.0. The molecule has 2 aromatic rings. The fraction of sp³-hybridized carbons (Fsp3) is 0.458. The van der Waals surface area contributed by atoms with Crippen molar-refractivity contribution in [1.29, 1.82) is 0 Å². The van der Waals surface area contributed by atoms with E-state index in [2.05, 4.69) is 62.4 Å². The van der Waals surface area contributed by atoms with Crippen molar-refractivity contribution in [1.82, 2.24) is 0 Å². The fourth-order valence-electron chi connectivity index (χ4n) is 3.37. The summed E-state index contributed by atoms with van der Waals surface area (Å²) in [6, 6.07) is 17.5. The van der Waals surface area contributed by atoms with E-state index in [-0.39, 0.29) is 13.9 Å². The lowest BCUT2D eigenvalue weighted by atomic mass is 9.96. The molecule has 0 bridgehead atoms. The van der Waals surface area contributed by atoms with Crippen molar-refractivity contribution in [3.8, 4) is 11.1 Å². The van der Waals surface area contributed by atoms with Crippen LogP contribution in [0.5, 0.6) is 0 Å². The van der Waals surface area contributed by atoms with E-state index >= 15 is 0 Å². The highest BCUT2D eigenvalue weighted by Gasteiger charge is 2.17. The first-order valence-electron chi connectivity index (χ1n) is 10.2. The van der Waals surface area contributed by atoms with Gasteiger partial charge in [-0.2, -0.15) is 0 Å². The number of carbonyl (C=O) groups is 1. The summed E-state index contributed by atoms with van der Waals surface area (Å²) in [4.78, 5) is 11.6. The first-order valence-corrected chi connectivity index (χ1v) is 11.9. The van der Waals surface area contributed by atoms with Crippen molar-refractivity contribution in [2.75, 3.05) is 19.4 Å². The van der Waals surface area contributed by atoms with Crippen molar-refractivity contribution in [2.24, 2.45) is 0 Å². The molecule has 2 aromatic carbocycles. The third-order valence-electron chi connectivity index (χ3n) is 4.94. The predicted octanol–water partition coefficient (Wildman–Crippen LogP) is 6.17. The summed E-state index contributed by atoms with van der Waals surface area (Å²) in [5, 5.41) is 1.53. The number of carbonyl (C=O) groups excluding carboxylic acids is 1. The van der Waals surface area contributed by atoms with Gasteiger partial charge in [0.25, 0.3) is 0 Å². The molecule has 0 atom stereocenters. The van der Waals surface area contributed by atoms with Gasteiger partial charge in [0, 0.05) is 6.42 Å². The van der Waals surface area contributed by atoms with E-state index in [9.17, 15) is 4.79 Å². The predicted molar refractivity (Wildman–Crippen MR) is 118 cm³/mol. The van der Waals surface area contributed by atoms with E-state index in [0.29, 0.717) is 6.42 Å². The molecule has 0 aliphatic carbocycles. The second-order valence-electron chi connectivity index (χ2n) is 6.94. The zero-order valence-corrected chi connectivity index (χ0v) is 17.9. The third kappa shape index (κ3) is 6.47. The lowest BCUT2D eigenvalue weighted by Crippen LogP contribution is -2.11. The van der Waals surface area contributed by atoms with Gasteiger partial charge in [0.15, 0.2) is 0 Å². The molecule has 0 radical (unpaired) electrons. The Morgan fingerprint density at radius 1 is 0.889 bits per heavy atom. The number of esters is 1. The Labute approximate surface area is 166 Å². The molecule has 0 aliphatic heterocycles. The average molecular weight is 385 g/mol. The molecule has 0 fully saturated rings. The van der Waals surface area contributed by atoms with Crippen molar-refractivity contribution < 1.29 is 9.53 Å². The second-order valence-corrected chi connectivity index (χ2v) is 9.40. The normalized spacial score (nSPS) is 11.0. The highest BCUT2D eigenvalue weighted by Crippen LogP contribution is 2.41. The Morgan fingerprint density at radius 3 is 2.11 bits per heavy atom. The molecule has 3 heteroatoms. The smallest absolute Gasteiger partial charge is 0.305 e. The standard InChI is InChI=1S/C24H33O2P/c1-4-6-18-27(19-7-5-2)23-15-11-10-14-22(23)21-13-9-8-12-20(21)16-17-24(25)26-3/h8-15H,4-7,16-19H2,1-3H3. The molecule has 27 heavy (non-hydrogen) atoms. The van der Waals surface area contributed by atoms with Crippen molar-refractivity contribution in [3.63, 3.8) is 0 Å². The highest BCUT2D eigenvalue weighted by molar-refractivity contribution is 7.65. The molecule has 0 heterocycles. The lowest BCUT2D eigenvalue weighted by molar-refractivity contribution is -0.140. The van der Waals surface area contributed by atoms with E-state index in [1.54, 1.807) is 0 Å². The highest BCUT2D eigenvalue weighted by atomic mass is 31.1. The summed E-state index contributed by atoms with van der Waals surface area (Å²) < 4.78 is 4.83. The van der Waals surface area contributed by atoms with Gasteiger partial charge in [0.2, 0.25) is 0 Å². The molecule has 0 unspecified atom stereocenters. The van der Waals surface area contributed by atoms with E-state index < -0.39 is 0 Å². The molecule has 0 N–H and O–H groups in total. The first kappa shape index (κ1) is 21.6. The van der Waals surface area contributed by atoms with Crippen LogP contribution in [-0.2, 0) is 16.0 Å². The maximum atomic E-state index is 11.6. The number of unbranched alkanes of at least 4 members (excludes halogenated alkanes) is 2. The summed E-state index contributed by atoms with van der Waals surface area (Å²) in [5.74, 6) is -0.147. The van der Waals surface area contributed by atoms with Crippen LogP contribution in [0.25, 0.3) is 11.1 Å². The molecule has 0 amide bonds. The monoisotopic (exact) mass is 384 g/mol. The van der Waals surface area contributed by atoms with E-state index in [1.165, 1.54) is 67.1 Å². The van der Waals surface area contributed by atoms with Crippen LogP contribution in [-0.4, -0.2) is 25.4 Å². The summed E-state index contributed by atoms with van der Waals surface area (Å²) in [6.45, 7) is 4.56. The van der Waals surface area contributed by atoms with E-state index in [1.807, 2.05) is 0 Å². The SMILES string of the molecule is CCCCP(CCCC)c1ccccc1-c1ccccc1CCC(=O)OC. The Morgan fingerprint density at radius 2 is 1.48 bits per heavy atom. The molecule has 0 spiro atoms. The minimum atomic E-state index is -0.147. The Bertz CT molecular complexity index is 703. The molecule has 0 aliphatic rings. The summed E-state index contributed by atoms with van der Waals surface area (Å²) in [5.41, 5.74) is 3.87. The van der Waals surface area contributed by atoms with Crippen molar-refractivity contribution in [2.45, 2.75) is 52.4 Å².